The summed E-state index contributed by atoms with van der Waals surface area (Å²) in [5.74, 6) is 0.143. The minimum absolute atomic E-state index is 0.00866. The summed E-state index contributed by atoms with van der Waals surface area (Å²) in [6.45, 7) is 11.4. The van der Waals surface area contributed by atoms with Crippen molar-refractivity contribution in [2.75, 3.05) is 19.6 Å². The van der Waals surface area contributed by atoms with E-state index in [9.17, 15) is 4.79 Å². The second-order valence-corrected chi connectivity index (χ2v) is 6.66. The summed E-state index contributed by atoms with van der Waals surface area (Å²) in [6.07, 6.45) is 4.00. The average Bonchev–Trinajstić information content (AvgIpc) is 2.35. The zero-order valence-electron chi connectivity index (χ0n) is 13.0. The molecule has 0 bridgehead atoms. The fourth-order valence-electron chi connectivity index (χ4n) is 2.72. The molecule has 1 unspecified atom stereocenters. The summed E-state index contributed by atoms with van der Waals surface area (Å²) < 4.78 is 0. The Bertz CT molecular complexity index is 278. The van der Waals surface area contributed by atoms with Gasteiger partial charge in [-0.2, -0.15) is 0 Å². The fourth-order valence-corrected chi connectivity index (χ4v) is 2.72. The van der Waals surface area contributed by atoms with Crippen LogP contribution in [0.2, 0.25) is 0 Å². The SMILES string of the molecule is CCCC(CN)C(=O)NC1CCN(C(C)(C)C)CC1. The molecule has 1 heterocycles. The highest BCUT2D eigenvalue weighted by Crippen LogP contribution is 2.20. The number of nitrogens with zero attached hydrogens (tertiary/aromatic N) is 1. The predicted molar refractivity (Wildman–Crippen MR) is 79.9 cm³/mol. The molecule has 3 N–H and O–H groups in total. The van der Waals surface area contributed by atoms with Crippen molar-refractivity contribution in [2.45, 2.75) is 65.0 Å². The third kappa shape index (κ3) is 5.11. The Kier molecular flexibility index (Phi) is 6.27. The van der Waals surface area contributed by atoms with Crippen molar-refractivity contribution < 1.29 is 4.79 Å². The maximum atomic E-state index is 12.1. The van der Waals surface area contributed by atoms with Crippen LogP contribution >= 0.6 is 0 Å². The normalized spacial score (nSPS) is 20.3. The number of piperidine rings is 1. The molecule has 0 aromatic carbocycles. The maximum absolute atomic E-state index is 12.1. The lowest BCUT2D eigenvalue weighted by Gasteiger charge is -2.41. The fraction of sp³-hybridized carbons (Fsp3) is 0.933. The van der Waals surface area contributed by atoms with Gasteiger partial charge in [-0.25, -0.2) is 0 Å². The third-order valence-corrected chi connectivity index (χ3v) is 4.08. The minimum Gasteiger partial charge on any atom is -0.353 e. The Morgan fingerprint density at radius 3 is 2.37 bits per heavy atom. The van der Waals surface area contributed by atoms with Crippen molar-refractivity contribution in [1.82, 2.24) is 10.2 Å². The quantitative estimate of drug-likeness (QED) is 0.799. The van der Waals surface area contributed by atoms with Gasteiger partial charge in [-0.15, -0.1) is 0 Å². The molecule has 0 aromatic rings. The summed E-state index contributed by atoms with van der Waals surface area (Å²) in [5, 5.41) is 3.18. The van der Waals surface area contributed by atoms with Crippen LogP contribution in [0.15, 0.2) is 0 Å². The summed E-state index contributed by atoms with van der Waals surface area (Å²) in [5.41, 5.74) is 5.91. The van der Waals surface area contributed by atoms with E-state index in [-0.39, 0.29) is 17.4 Å². The van der Waals surface area contributed by atoms with Gasteiger partial charge in [-0.05, 0) is 40.0 Å². The van der Waals surface area contributed by atoms with E-state index in [1.54, 1.807) is 0 Å². The second kappa shape index (κ2) is 7.25. The number of nitrogens with two attached hydrogens (primary N) is 1. The molecule has 0 spiro atoms. The van der Waals surface area contributed by atoms with Gasteiger partial charge < -0.3 is 11.1 Å². The van der Waals surface area contributed by atoms with E-state index in [2.05, 4.69) is 37.9 Å². The summed E-state index contributed by atoms with van der Waals surface area (Å²) in [7, 11) is 0. The molecule has 0 aromatic heterocycles. The zero-order valence-corrected chi connectivity index (χ0v) is 13.0. The van der Waals surface area contributed by atoms with Crippen LogP contribution in [0.4, 0.5) is 0 Å². The number of hydrogen-bond donors (Lipinski definition) is 2. The zero-order chi connectivity index (χ0) is 14.5. The Hall–Kier alpha value is -0.610. The molecule has 0 aliphatic carbocycles. The van der Waals surface area contributed by atoms with E-state index in [1.807, 2.05) is 0 Å². The van der Waals surface area contributed by atoms with Gasteiger partial charge >= 0.3 is 0 Å². The van der Waals surface area contributed by atoms with Crippen LogP contribution in [0.1, 0.15) is 53.4 Å². The average molecular weight is 269 g/mol. The van der Waals surface area contributed by atoms with Crippen LogP contribution in [0.3, 0.4) is 0 Å². The number of rotatable bonds is 5. The van der Waals surface area contributed by atoms with Crippen LogP contribution in [0.25, 0.3) is 0 Å². The molecule has 112 valence electrons. The van der Waals surface area contributed by atoms with Crippen LogP contribution in [-0.2, 0) is 4.79 Å². The van der Waals surface area contributed by atoms with E-state index in [4.69, 9.17) is 5.73 Å². The van der Waals surface area contributed by atoms with E-state index in [0.717, 1.165) is 38.8 Å². The van der Waals surface area contributed by atoms with Gasteiger partial charge in [0.1, 0.15) is 0 Å². The predicted octanol–water partition coefficient (Wildman–Crippen LogP) is 1.74. The standard InChI is InChI=1S/C15H31N3O/c1-5-6-12(11-16)14(19)17-13-7-9-18(10-8-13)15(2,3)4/h12-13H,5-11,16H2,1-4H3,(H,17,19). The van der Waals surface area contributed by atoms with Crippen molar-refractivity contribution in [3.05, 3.63) is 0 Å². The minimum atomic E-state index is -0.00866. The molecule has 0 radical (unpaired) electrons. The van der Waals surface area contributed by atoms with Gasteiger partial charge in [0.05, 0.1) is 5.92 Å². The number of carbonyl (C=O) groups excluding carboxylic acids is 1. The monoisotopic (exact) mass is 269 g/mol. The highest BCUT2D eigenvalue weighted by atomic mass is 16.1. The molecule has 4 nitrogen and oxygen atoms in total. The van der Waals surface area contributed by atoms with Gasteiger partial charge in [0, 0.05) is 31.2 Å². The van der Waals surface area contributed by atoms with Crippen molar-refractivity contribution in [3.8, 4) is 0 Å². The van der Waals surface area contributed by atoms with Crippen LogP contribution < -0.4 is 11.1 Å². The highest BCUT2D eigenvalue weighted by molar-refractivity contribution is 5.79. The molecule has 0 saturated carbocycles. The lowest BCUT2D eigenvalue weighted by atomic mass is 9.96. The highest BCUT2D eigenvalue weighted by Gasteiger charge is 2.28. The van der Waals surface area contributed by atoms with E-state index in [0.29, 0.717) is 12.6 Å². The van der Waals surface area contributed by atoms with Crippen molar-refractivity contribution >= 4 is 5.91 Å². The third-order valence-electron chi connectivity index (χ3n) is 4.08. The maximum Gasteiger partial charge on any atom is 0.224 e. The number of carbonyl (C=O) groups is 1. The molecule has 1 saturated heterocycles. The first kappa shape index (κ1) is 16.4. The summed E-state index contributed by atoms with van der Waals surface area (Å²) >= 11 is 0. The summed E-state index contributed by atoms with van der Waals surface area (Å²) in [6, 6.07) is 0.331. The number of hydrogen-bond acceptors (Lipinski definition) is 3. The van der Waals surface area contributed by atoms with Gasteiger partial charge in [0.15, 0.2) is 0 Å². The molecule has 4 heteroatoms. The van der Waals surface area contributed by atoms with E-state index < -0.39 is 0 Å². The van der Waals surface area contributed by atoms with Crippen molar-refractivity contribution in [1.29, 1.82) is 0 Å². The smallest absolute Gasteiger partial charge is 0.224 e. The van der Waals surface area contributed by atoms with Gasteiger partial charge in [-0.3, -0.25) is 9.69 Å². The molecule has 1 rings (SSSR count). The molecule has 1 atom stereocenters. The Morgan fingerprint density at radius 2 is 1.95 bits per heavy atom. The molecule has 19 heavy (non-hydrogen) atoms. The first-order valence-corrected chi connectivity index (χ1v) is 7.64. The lowest BCUT2D eigenvalue weighted by Crippen LogP contribution is -2.51. The first-order chi connectivity index (χ1) is 8.88. The number of likely N-dealkylation sites (tertiary alicyclic amines) is 1. The second-order valence-electron chi connectivity index (χ2n) is 6.66. The molecular formula is C15H31N3O. The van der Waals surface area contributed by atoms with Crippen LogP contribution in [-0.4, -0.2) is 42.0 Å². The van der Waals surface area contributed by atoms with Gasteiger partial charge in [0.25, 0.3) is 0 Å². The Labute approximate surface area is 118 Å². The Morgan fingerprint density at radius 1 is 1.37 bits per heavy atom. The van der Waals surface area contributed by atoms with Gasteiger partial charge in [-0.1, -0.05) is 13.3 Å². The molecule has 1 aliphatic heterocycles. The van der Waals surface area contributed by atoms with Crippen LogP contribution in [0.5, 0.6) is 0 Å². The Balaban J connectivity index is 2.38. The first-order valence-electron chi connectivity index (χ1n) is 7.64. The largest absolute Gasteiger partial charge is 0.353 e. The lowest BCUT2D eigenvalue weighted by molar-refractivity contribution is -0.126. The molecular weight excluding hydrogens is 238 g/mol. The molecule has 1 amide bonds. The number of amides is 1. The van der Waals surface area contributed by atoms with Crippen molar-refractivity contribution in [2.24, 2.45) is 11.7 Å². The molecule has 1 aliphatic rings. The molecule has 1 fully saturated rings. The van der Waals surface area contributed by atoms with E-state index >= 15 is 0 Å². The van der Waals surface area contributed by atoms with Gasteiger partial charge in [0.2, 0.25) is 5.91 Å². The van der Waals surface area contributed by atoms with E-state index in [1.165, 1.54) is 0 Å². The summed E-state index contributed by atoms with van der Waals surface area (Å²) in [4.78, 5) is 14.6. The van der Waals surface area contributed by atoms with Crippen molar-refractivity contribution in [3.63, 3.8) is 0 Å². The topological polar surface area (TPSA) is 58.4 Å². The number of nitrogens with one attached hydrogen (secondary N) is 1. The van der Waals surface area contributed by atoms with Crippen LogP contribution in [0, 0.1) is 5.92 Å².